The van der Waals surface area contributed by atoms with Gasteiger partial charge in [-0.15, -0.1) is 11.3 Å². The summed E-state index contributed by atoms with van der Waals surface area (Å²) in [5, 5.41) is 0. The zero-order valence-electron chi connectivity index (χ0n) is 11.0. The SMILES string of the molecule is C[Si](C)(C)c1cc2c(s1)C(N)=NC(C1=CC=C1)C2. The maximum Gasteiger partial charge on any atom is 0.136 e. The van der Waals surface area contributed by atoms with E-state index in [9.17, 15) is 0 Å². The molecule has 1 unspecified atom stereocenters. The molecule has 0 bridgehead atoms. The number of nitrogens with zero attached hydrogens (tertiary/aromatic N) is 1. The van der Waals surface area contributed by atoms with E-state index in [1.54, 1.807) is 0 Å². The Morgan fingerprint density at radius 1 is 1.39 bits per heavy atom. The van der Waals surface area contributed by atoms with Gasteiger partial charge < -0.3 is 5.73 Å². The van der Waals surface area contributed by atoms with Gasteiger partial charge in [-0.05, 0) is 21.7 Å². The number of hydrogen-bond acceptors (Lipinski definition) is 3. The van der Waals surface area contributed by atoms with E-state index in [0.717, 1.165) is 12.3 Å². The van der Waals surface area contributed by atoms with Gasteiger partial charge in [-0.2, -0.15) is 0 Å². The Labute approximate surface area is 113 Å². The lowest BCUT2D eigenvalue weighted by Gasteiger charge is -2.22. The molecule has 94 valence electrons. The van der Waals surface area contributed by atoms with Gasteiger partial charge in [0.05, 0.1) is 19.0 Å². The second-order valence-corrected chi connectivity index (χ2v) is 12.4. The van der Waals surface area contributed by atoms with Crippen LogP contribution in [0.4, 0.5) is 0 Å². The lowest BCUT2D eigenvalue weighted by Crippen LogP contribution is -2.34. The summed E-state index contributed by atoms with van der Waals surface area (Å²) in [7, 11) is -1.24. The van der Waals surface area contributed by atoms with E-state index in [1.807, 2.05) is 11.3 Å². The van der Waals surface area contributed by atoms with E-state index >= 15 is 0 Å². The van der Waals surface area contributed by atoms with Crippen molar-refractivity contribution in [2.45, 2.75) is 32.1 Å². The third-order valence-corrected chi connectivity index (χ3v) is 8.23. The van der Waals surface area contributed by atoms with Crippen LogP contribution in [0.5, 0.6) is 0 Å². The molecule has 2 heterocycles. The highest BCUT2D eigenvalue weighted by atomic mass is 32.1. The van der Waals surface area contributed by atoms with E-state index in [2.05, 4.69) is 48.9 Å². The number of allylic oxidation sites excluding steroid dienone is 2. The van der Waals surface area contributed by atoms with Gasteiger partial charge in [0, 0.05) is 6.42 Å². The molecule has 2 N–H and O–H groups in total. The molecule has 4 heteroatoms. The molecule has 2 nitrogen and oxygen atoms in total. The molecule has 0 radical (unpaired) electrons. The van der Waals surface area contributed by atoms with E-state index < -0.39 is 8.07 Å². The van der Waals surface area contributed by atoms with Gasteiger partial charge in [0.1, 0.15) is 5.84 Å². The Kier molecular flexibility index (Phi) is 2.61. The zero-order valence-corrected chi connectivity index (χ0v) is 12.8. The second-order valence-electron chi connectivity index (χ2n) is 5.98. The van der Waals surface area contributed by atoms with Crippen molar-refractivity contribution in [3.63, 3.8) is 0 Å². The first kappa shape index (κ1) is 11.9. The first-order valence-corrected chi connectivity index (χ1v) is 10.6. The van der Waals surface area contributed by atoms with E-state index in [4.69, 9.17) is 5.73 Å². The normalized spacial score (nSPS) is 22.1. The fraction of sp³-hybridized carbons (Fsp3) is 0.357. The summed E-state index contributed by atoms with van der Waals surface area (Å²) >= 11 is 1.86. The summed E-state index contributed by atoms with van der Waals surface area (Å²) < 4.78 is 1.53. The Hall–Kier alpha value is -1.13. The highest BCUT2D eigenvalue weighted by molar-refractivity contribution is 7.27. The van der Waals surface area contributed by atoms with Gasteiger partial charge in [0.15, 0.2) is 0 Å². The largest absolute Gasteiger partial charge is 0.383 e. The van der Waals surface area contributed by atoms with Gasteiger partial charge in [-0.25, -0.2) is 0 Å². The standard InChI is InChI=1S/C14H18N2SSi/c1-18(2,3)12-8-10-7-11(9-5-4-6-9)16-14(15)13(10)17-12/h4-6,8,11H,7H2,1-3H3,(H2,15,16). The van der Waals surface area contributed by atoms with Crippen molar-refractivity contribution in [1.82, 2.24) is 0 Å². The van der Waals surface area contributed by atoms with Crippen LogP contribution in [-0.4, -0.2) is 20.0 Å². The van der Waals surface area contributed by atoms with Gasteiger partial charge in [0.25, 0.3) is 0 Å². The molecular weight excluding hydrogens is 256 g/mol. The number of hydrogen-bond donors (Lipinski definition) is 1. The second kappa shape index (κ2) is 3.93. The van der Waals surface area contributed by atoms with Gasteiger partial charge >= 0.3 is 0 Å². The van der Waals surface area contributed by atoms with Crippen LogP contribution in [-0.2, 0) is 6.42 Å². The molecule has 1 aromatic heterocycles. The van der Waals surface area contributed by atoms with E-state index in [-0.39, 0.29) is 6.04 Å². The molecule has 1 aliphatic carbocycles. The number of rotatable bonds is 2. The molecule has 3 rings (SSSR count). The smallest absolute Gasteiger partial charge is 0.136 e. The third-order valence-electron chi connectivity index (χ3n) is 3.45. The molecular formula is C14H18N2SSi. The molecule has 2 aliphatic rings. The molecule has 0 aromatic carbocycles. The molecule has 0 saturated heterocycles. The summed E-state index contributed by atoms with van der Waals surface area (Å²) in [4.78, 5) is 5.86. The van der Waals surface area contributed by atoms with Crippen LogP contribution < -0.4 is 10.2 Å². The summed E-state index contributed by atoms with van der Waals surface area (Å²) in [6.45, 7) is 7.14. The van der Waals surface area contributed by atoms with Gasteiger partial charge in [-0.3, -0.25) is 4.99 Å². The number of thiophene rings is 1. The fourth-order valence-electron chi connectivity index (χ4n) is 2.27. The lowest BCUT2D eigenvalue weighted by atomic mass is 9.93. The molecule has 1 aliphatic heterocycles. The highest BCUT2D eigenvalue weighted by Crippen LogP contribution is 2.29. The number of aliphatic imine (C=N–C) groups is 1. The average Bonchev–Trinajstić information content (AvgIpc) is 2.58. The van der Waals surface area contributed by atoms with Crippen LogP contribution >= 0.6 is 11.3 Å². The number of amidine groups is 1. The van der Waals surface area contributed by atoms with E-state index in [0.29, 0.717) is 0 Å². The minimum Gasteiger partial charge on any atom is -0.383 e. The van der Waals surface area contributed by atoms with Crippen LogP contribution in [0.15, 0.2) is 34.9 Å². The average molecular weight is 274 g/mol. The monoisotopic (exact) mass is 274 g/mol. The Balaban J connectivity index is 1.97. The quantitative estimate of drug-likeness (QED) is 0.827. The summed E-state index contributed by atoms with van der Waals surface area (Å²) in [6.07, 6.45) is 7.35. The van der Waals surface area contributed by atoms with Crippen molar-refractivity contribution in [3.05, 3.63) is 40.3 Å². The fourth-order valence-corrected chi connectivity index (χ4v) is 5.26. The van der Waals surface area contributed by atoms with Crippen molar-refractivity contribution in [3.8, 4) is 0 Å². The Morgan fingerprint density at radius 2 is 2.11 bits per heavy atom. The van der Waals surface area contributed by atoms with Crippen molar-refractivity contribution < 1.29 is 0 Å². The topological polar surface area (TPSA) is 38.4 Å². The van der Waals surface area contributed by atoms with Crippen LogP contribution in [0.25, 0.3) is 0 Å². The Morgan fingerprint density at radius 3 is 2.67 bits per heavy atom. The number of fused-ring (bicyclic) bond motifs is 1. The molecule has 18 heavy (non-hydrogen) atoms. The van der Waals surface area contributed by atoms with Crippen molar-refractivity contribution in [2.24, 2.45) is 10.7 Å². The molecule has 0 spiro atoms. The third kappa shape index (κ3) is 1.89. The van der Waals surface area contributed by atoms with Crippen LogP contribution in [0.2, 0.25) is 19.6 Å². The Bertz CT molecular complexity index is 587. The van der Waals surface area contributed by atoms with Crippen molar-refractivity contribution in [2.75, 3.05) is 0 Å². The molecule has 0 fully saturated rings. The van der Waals surface area contributed by atoms with Crippen LogP contribution in [0.1, 0.15) is 10.4 Å². The van der Waals surface area contributed by atoms with Crippen LogP contribution in [0.3, 0.4) is 0 Å². The van der Waals surface area contributed by atoms with Gasteiger partial charge in [-0.1, -0.05) is 37.9 Å². The zero-order chi connectivity index (χ0) is 12.9. The maximum absolute atomic E-state index is 6.13. The van der Waals surface area contributed by atoms with E-state index in [1.165, 1.54) is 20.5 Å². The number of nitrogens with two attached hydrogens (primary N) is 1. The minimum atomic E-state index is -1.24. The molecule has 0 amide bonds. The van der Waals surface area contributed by atoms with Crippen LogP contribution in [0, 0.1) is 0 Å². The molecule has 1 aromatic rings. The van der Waals surface area contributed by atoms with Gasteiger partial charge in [0.2, 0.25) is 0 Å². The first-order valence-electron chi connectivity index (χ1n) is 6.30. The predicted molar refractivity (Wildman–Crippen MR) is 82.7 cm³/mol. The summed E-state index contributed by atoms with van der Waals surface area (Å²) in [6, 6.07) is 2.62. The highest BCUT2D eigenvalue weighted by Gasteiger charge is 2.28. The lowest BCUT2D eigenvalue weighted by molar-refractivity contribution is 0.765. The summed E-state index contributed by atoms with van der Waals surface area (Å²) in [5.41, 5.74) is 8.84. The summed E-state index contributed by atoms with van der Waals surface area (Å²) in [5.74, 6) is 0.733. The molecule has 0 saturated carbocycles. The first-order chi connectivity index (χ1) is 8.45. The molecule has 1 atom stereocenters. The van der Waals surface area contributed by atoms with Crippen molar-refractivity contribution in [1.29, 1.82) is 0 Å². The minimum absolute atomic E-state index is 0.242. The maximum atomic E-state index is 6.13. The predicted octanol–water partition coefficient (Wildman–Crippen LogP) is 2.42. The van der Waals surface area contributed by atoms with Crippen molar-refractivity contribution >= 4 is 29.7 Å².